The number of benzene rings is 1. The van der Waals surface area contributed by atoms with Gasteiger partial charge in [0, 0.05) is 16.5 Å². The molecule has 142 valence electrons. The number of carbonyl (C=O) groups excluding carboxylic acids is 1. The van der Waals surface area contributed by atoms with Crippen molar-refractivity contribution in [3.05, 3.63) is 65.0 Å². The summed E-state index contributed by atoms with van der Waals surface area (Å²) in [6.45, 7) is 13.4. The molecule has 2 aromatic rings. The molecule has 1 aromatic heterocycles. The van der Waals surface area contributed by atoms with Gasteiger partial charge in [-0.15, -0.1) is 24.2 Å². The fourth-order valence-corrected chi connectivity index (χ4v) is 2.78. The number of Topliss-reactive ketones (excluding diaryl/α,β-unsaturated/α-hetero) is 1. The van der Waals surface area contributed by atoms with E-state index in [1.807, 2.05) is 69.5 Å². The zero-order valence-corrected chi connectivity index (χ0v) is 17.6. The lowest BCUT2D eigenvalue weighted by molar-refractivity contribution is -0.115. The zero-order chi connectivity index (χ0) is 21.2. The van der Waals surface area contributed by atoms with Gasteiger partial charge in [0.1, 0.15) is 5.01 Å². The molecule has 0 amide bonds. The Morgan fingerprint density at radius 2 is 1.78 bits per heavy atom. The second kappa shape index (κ2) is 16.5. The number of terminal acetylenes is 1. The fourth-order valence-electron chi connectivity index (χ4n) is 1.92. The summed E-state index contributed by atoms with van der Waals surface area (Å²) in [6, 6.07) is 11.7. The molecule has 0 N–H and O–H groups in total. The molecule has 1 heterocycles. The first-order valence-corrected chi connectivity index (χ1v) is 9.66. The van der Waals surface area contributed by atoms with Crippen molar-refractivity contribution in [3.63, 3.8) is 0 Å². The van der Waals surface area contributed by atoms with Gasteiger partial charge in [-0.1, -0.05) is 76.8 Å². The van der Waals surface area contributed by atoms with Crippen LogP contribution in [0.3, 0.4) is 0 Å². The van der Waals surface area contributed by atoms with Crippen LogP contribution in [0, 0.1) is 24.2 Å². The number of thiazole rings is 1. The van der Waals surface area contributed by atoms with Gasteiger partial charge in [-0.25, -0.2) is 4.98 Å². The average Bonchev–Trinajstić information content (AvgIpc) is 3.24. The Morgan fingerprint density at radius 3 is 2.22 bits per heavy atom. The Bertz CT molecular complexity index is 764. The molecule has 2 rings (SSSR count). The summed E-state index contributed by atoms with van der Waals surface area (Å²) in [5.41, 5.74) is 2.20. The number of carbonyl (C=O) groups is 1. The summed E-state index contributed by atoms with van der Waals surface area (Å²) >= 11 is 1.33. The van der Waals surface area contributed by atoms with Gasteiger partial charge in [0.05, 0.1) is 11.8 Å². The third-order valence-corrected chi connectivity index (χ3v) is 3.95. The highest BCUT2D eigenvalue weighted by Gasteiger charge is 2.25. The highest BCUT2D eigenvalue weighted by atomic mass is 32.1. The molecular formula is C23H28N2OS. The van der Waals surface area contributed by atoms with Crippen LogP contribution in [0.2, 0.25) is 0 Å². The highest BCUT2D eigenvalue weighted by molar-refractivity contribution is 7.10. The van der Waals surface area contributed by atoms with E-state index in [1.54, 1.807) is 13.0 Å². The molecule has 4 heteroatoms. The zero-order valence-electron chi connectivity index (χ0n) is 16.8. The van der Waals surface area contributed by atoms with Gasteiger partial charge in [0.2, 0.25) is 0 Å². The second-order valence-corrected chi connectivity index (χ2v) is 5.20. The van der Waals surface area contributed by atoms with Crippen LogP contribution in [0.1, 0.15) is 45.5 Å². The molecule has 0 fully saturated rings. The van der Waals surface area contributed by atoms with E-state index in [2.05, 4.69) is 24.4 Å². The number of nitriles is 1. The van der Waals surface area contributed by atoms with Gasteiger partial charge in [0.15, 0.2) is 11.7 Å². The molecule has 0 radical (unpaired) electrons. The Hall–Kier alpha value is -2.95. The van der Waals surface area contributed by atoms with Crippen molar-refractivity contribution < 1.29 is 4.79 Å². The minimum atomic E-state index is -0.878. The van der Waals surface area contributed by atoms with Crippen LogP contribution in [0.5, 0.6) is 0 Å². The lowest BCUT2D eigenvalue weighted by atomic mass is 9.99. The minimum Gasteiger partial charge on any atom is -0.292 e. The highest BCUT2D eigenvalue weighted by Crippen LogP contribution is 2.28. The van der Waals surface area contributed by atoms with Crippen molar-refractivity contribution in [2.24, 2.45) is 0 Å². The molecule has 1 atom stereocenters. The Labute approximate surface area is 168 Å². The molecule has 3 nitrogen and oxygen atoms in total. The predicted octanol–water partition coefficient (Wildman–Crippen LogP) is 6.42. The Balaban J connectivity index is 0. The molecule has 0 aliphatic heterocycles. The van der Waals surface area contributed by atoms with Gasteiger partial charge in [0.25, 0.3) is 0 Å². The lowest BCUT2D eigenvalue weighted by Gasteiger charge is -2.05. The van der Waals surface area contributed by atoms with E-state index in [0.717, 1.165) is 11.3 Å². The Kier molecular flexibility index (Phi) is 16.1. The molecule has 0 aliphatic rings. The Morgan fingerprint density at radius 1 is 1.22 bits per heavy atom. The van der Waals surface area contributed by atoms with E-state index < -0.39 is 5.92 Å². The molecule has 0 saturated heterocycles. The minimum absolute atomic E-state index is 0.260. The van der Waals surface area contributed by atoms with Crippen LogP contribution in [-0.4, -0.2) is 10.8 Å². The second-order valence-electron chi connectivity index (χ2n) is 4.31. The summed E-state index contributed by atoms with van der Waals surface area (Å²) in [6.07, 6.45) is 11.1. The maximum absolute atomic E-state index is 12.3. The average molecular weight is 381 g/mol. The van der Waals surface area contributed by atoms with Gasteiger partial charge < -0.3 is 0 Å². The number of hydrogen-bond acceptors (Lipinski definition) is 4. The normalized spacial score (nSPS) is 10.2. The van der Waals surface area contributed by atoms with E-state index in [1.165, 1.54) is 17.4 Å². The quantitative estimate of drug-likeness (QED) is 0.341. The summed E-state index contributed by atoms with van der Waals surface area (Å²) in [5, 5.41) is 11.7. The van der Waals surface area contributed by atoms with E-state index in [-0.39, 0.29) is 5.78 Å². The monoisotopic (exact) mass is 380 g/mol. The summed E-state index contributed by atoms with van der Waals surface area (Å²) in [4.78, 5) is 16.7. The van der Waals surface area contributed by atoms with Crippen molar-refractivity contribution in [1.82, 2.24) is 4.98 Å². The van der Waals surface area contributed by atoms with Gasteiger partial charge in [-0.3, -0.25) is 4.79 Å². The molecule has 27 heavy (non-hydrogen) atoms. The molecule has 0 spiro atoms. The van der Waals surface area contributed by atoms with Crippen LogP contribution < -0.4 is 0 Å². The maximum atomic E-state index is 12.3. The van der Waals surface area contributed by atoms with Crippen molar-refractivity contribution in [2.45, 2.75) is 40.5 Å². The van der Waals surface area contributed by atoms with Crippen molar-refractivity contribution in [2.75, 3.05) is 0 Å². The molecule has 0 bridgehead atoms. The summed E-state index contributed by atoms with van der Waals surface area (Å²) in [5.74, 6) is -1.14. The van der Waals surface area contributed by atoms with Gasteiger partial charge >= 0.3 is 0 Å². The number of rotatable bonds is 5. The number of ketones is 1. The van der Waals surface area contributed by atoms with Crippen LogP contribution >= 0.6 is 11.3 Å². The maximum Gasteiger partial charge on any atom is 0.186 e. The summed E-state index contributed by atoms with van der Waals surface area (Å²) < 4.78 is 0. The number of hydrogen-bond donors (Lipinski definition) is 0. The summed E-state index contributed by atoms with van der Waals surface area (Å²) in [7, 11) is 0. The van der Waals surface area contributed by atoms with Crippen LogP contribution in [-0.2, 0) is 4.79 Å². The SMILES string of the molecule is C#C.C=C/C(=C\C)C(=O)C(C#N)c1nc(-c2ccccc2)cs1.CC.CC. The predicted molar refractivity (Wildman–Crippen MR) is 117 cm³/mol. The first-order chi connectivity index (χ1) is 13.2. The van der Waals surface area contributed by atoms with Gasteiger partial charge in [-0.05, 0) is 6.92 Å². The number of nitrogens with zero attached hydrogens (tertiary/aromatic N) is 2. The first kappa shape index (κ1) is 26.3. The molecule has 0 saturated carbocycles. The van der Waals surface area contributed by atoms with Gasteiger partial charge in [-0.2, -0.15) is 5.26 Å². The third kappa shape index (κ3) is 7.86. The third-order valence-electron chi connectivity index (χ3n) is 3.05. The topological polar surface area (TPSA) is 53.8 Å². The first-order valence-electron chi connectivity index (χ1n) is 8.78. The molecule has 1 aromatic carbocycles. The van der Waals surface area contributed by atoms with E-state index in [9.17, 15) is 10.1 Å². The van der Waals surface area contributed by atoms with Crippen LogP contribution in [0.15, 0.2) is 60.0 Å². The smallest absolute Gasteiger partial charge is 0.186 e. The van der Waals surface area contributed by atoms with Crippen LogP contribution in [0.4, 0.5) is 0 Å². The van der Waals surface area contributed by atoms with E-state index in [0.29, 0.717) is 10.6 Å². The van der Waals surface area contributed by atoms with Crippen molar-refractivity contribution in [1.29, 1.82) is 5.26 Å². The van der Waals surface area contributed by atoms with E-state index in [4.69, 9.17) is 0 Å². The lowest BCUT2D eigenvalue weighted by Crippen LogP contribution is -2.12. The molecular weight excluding hydrogens is 352 g/mol. The largest absolute Gasteiger partial charge is 0.292 e. The number of aromatic nitrogens is 1. The van der Waals surface area contributed by atoms with E-state index >= 15 is 0 Å². The molecule has 1 unspecified atom stereocenters. The van der Waals surface area contributed by atoms with Crippen molar-refractivity contribution in [3.8, 4) is 30.2 Å². The number of allylic oxidation sites excluding steroid dienone is 3. The van der Waals surface area contributed by atoms with Crippen LogP contribution in [0.25, 0.3) is 11.3 Å². The molecule has 0 aliphatic carbocycles. The standard InChI is InChI=1S/C17H14N2OS.2C2H6.C2H2/c1-3-12(4-2)16(20)14(10-18)17-19-15(11-21-17)13-8-6-5-7-9-13;3*1-2/h3-9,11,14H,1H2,2H3;2*1-2H3;1-2H/b12-4+;;;. The van der Waals surface area contributed by atoms with Crippen molar-refractivity contribution >= 4 is 17.1 Å². The fraction of sp³-hybridized carbons (Fsp3) is 0.261.